The third kappa shape index (κ3) is 6.12. The van der Waals surface area contributed by atoms with E-state index in [-0.39, 0.29) is 19.0 Å². The zero-order chi connectivity index (χ0) is 24.7. The molecule has 10 nitrogen and oxygen atoms in total. The van der Waals surface area contributed by atoms with E-state index in [2.05, 4.69) is 20.6 Å². The molecule has 0 aliphatic rings. The highest BCUT2D eigenvalue weighted by Crippen LogP contribution is 2.19. The number of H-pyrrole nitrogens is 1. The predicted molar refractivity (Wildman–Crippen MR) is 123 cm³/mol. The van der Waals surface area contributed by atoms with Crippen molar-refractivity contribution in [2.75, 3.05) is 7.11 Å². The van der Waals surface area contributed by atoms with Gasteiger partial charge in [-0.1, -0.05) is 42.5 Å². The highest BCUT2D eigenvalue weighted by Gasteiger charge is 2.29. The lowest BCUT2D eigenvalue weighted by molar-refractivity contribution is 0.0941. The number of ether oxygens (including phenoxy) is 2. The Kier molecular flexibility index (Phi) is 7.52. The van der Waals surface area contributed by atoms with Crippen LogP contribution in [0.3, 0.4) is 0 Å². The lowest BCUT2D eigenvalue weighted by Gasteiger charge is -2.25. The van der Waals surface area contributed by atoms with E-state index in [4.69, 9.17) is 9.47 Å². The lowest BCUT2D eigenvalue weighted by atomic mass is 10.0. The summed E-state index contributed by atoms with van der Waals surface area (Å²) in [6.45, 7) is 3.34. The number of carbonyl (C=O) groups is 2. The molecule has 0 unspecified atom stereocenters. The van der Waals surface area contributed by atoms with E-state index < -0.39 is 34.5 Å². The Balaban J connectivity index is 1.70. The summed E-state index contributed by atoms with van der Waals surface area (Å²) in [5.41, 5.74) is -0.998. The van der Waals surface area contributed by atoms with Gasteiger partial charge in [-0.15, -0.1) is 0 Å². The van der Waals surface area contributed by atoms with Gasteiger partial charge in [0.1, 0.15) is 18.2 Å². The van der Waals surface area contributed by atoms with E-state index in [0.29, 0.717) is 5.75 Å². The maximum absolute atomic E-state index is 12.7. The third-order valence-electron chi connectivity index (χ3n) is 4.94. The van der Waals surface area contributed by atoms with Crippen molar-refractivity contribution in [3.8, 4) is 11.5 Å². The number of hydrogen-bond donors (Lipinski definition) is 4. The van der Waals surface area contributed by atoms with Crippen LogP contribution in [0.2, 0.25) is 0 Å². The van der Waals surface area contributed by atoms with Gasteiger partial charge in [0.2, 0.25) is 5.75 Å². The number of aromatic amines is 1. The summed E-state index contributed by atoms with van der Waals surface area (Å²) in [5.74, 6) is -0.922. The average Bonchev–Trinajstić information content (AvgIpc) is 2.83. The fourth-order valence-corrected chi connectivity index (χ4v) is 3.00. The van der Waals surface area contributed by atoms with Crippen molar-refractivity contribution in [3.63, 3.8) is 0 Å². The molecule has 0 bridgehead atoms. The fraction of sp³-hybridized carbons (Fsp3) is 0.250. The van der Waals surface area contributed by atoms with Gasteiger partial charge in [-0.2, -0.15) is 0 Å². The molecule has 2 amide bonds. The molecule has 0 saturated heterocycles. The van der Waals surface area contributed by atoms with Crippen molar-refractivity contribution >= 4 is 12.0 Å². The van der Waals surface area contributed by atoms with Gasteiger partial charge in [-0.05, 0) is 37.1 Å². The molecule has 0 atom stereocenters. The van der Waals surface area contributed by atoms with Crippen LogP contribution in [-0.2, 0) is 23.4 Å². The molecule has 4 N–H and O–H groups in total. The average molecular weight is 466 g/mol. The molecule has 0 aliphatic heterocycles. The molecular weight excluding hydrogens is 440 g/mol. The number of alkyl carbamates (subject to hydrolysis) is 1. The highest BCUT2D eigenvalue weighted by molar-refractivity contribution is 5.94. The summed E-state index contributed by atoms with van der Waals surface area (Å²) in [4.78, 5) is 43.7. The van der Waals surface area contributed by atoms with E-state index in [0.717, 1.165) is 11.1 Å². The van der Waals surface area contributed by atoms with Gasteiger partial charge >= 0.3 is 6.09 Å². The largest absolute Gasteiger partial charge is 0.501 e. The Morgan fingerprint density at radius 1 is 1.06 bits per heavy atom. The summed E-state index contributed by atoms with van der Waals surface area (Å²) in [5, 5.41) is 15.3. The first-order valence-electron chi connectivity index (χ1n) is 10.4. The van der Waals surface area contributed by atoms with E-state index in [1.165, 1.54) is 0 Å². The Morgan fingerprint density at radius 2 is 1.74 bits per heavy atom. The van der Waals surface area contributed by atoms with E-state index in [1.807, 2.05) is 30.3 Å². The molecule has 1 aromatic heterocycles. The molecule has 0 spiro atoms. The second-order valence-electron chi connectivity index (χ2n) is 7.95. The van der Waals surface area contributed by atoms with Crippen molar-refractivity contribution in [2.45, 2.75) is 32.5 Å². The van der Waals surface area contributed by atoms with E-state index in [9.17, 15) is 19.5 Å². The van der Waals surface area contributed by atoms with Gasteiger partial charge in [0.25, 0.3) is 11.5 Å². The minimum absolute atomic E-state index is 0.0263. The smallest absolute Gasteiger partial charge is 0.408 e. The van der Waals surface area contributed by atoms with Crippen molar-refractivity contribution in [1.82, 2.24) is 20.6 Å². The van der Waals surface area contributed by atoms with Gasteiger partial charge in [-0.25, -0.2) is 9.78 Å². The first-order valence-corrected chi connectivity index (χ1v) is 10.4. The van der Waals surface area contributed by atoms with Crippen LogP contribution in [-0.4, -0.2) is 34.2 Å². The highest BCUT2D eigenvalue weighted by atomic mass is 16.5. The molecule has 0 aliphatic carbocycles. The maximum Gasteiger partial charge on any atom is 0.408 e. The van der Waals surface area contributed by atoms with Crippen LogP contribution in [0.15, 0.2) is 59.4 Å². The molecule has 0 fully saturated rings. The summed E-state index contributed by atoms with van der Waals surface area (Å²) in [7, 11) is 1.55. The third-order valence-corrected chi connectivity index (χ3v) is 4.94. The summed E-state index contributed by atoms with van der Waals surface area (Å²) >= 11 is 0. The van der Waals surface area contributed by atoms with Gasteiger partial charge in [0.05, 0.1) is 12.6 Å². The number of methoxy groups -OCH3 is 1. The maximum atomic E-state index is 12.7. The molecule has 10 heteroatoms. The molecule has 1 heterocycles. The Bertz CT molecular complexity index is 1210. The van der Waals surface area contributed by atoms with Crippen LogP contribution < -0.4 is 20.9 Å². The number of hydrogen-bond acceptors (Lipinski definition) is 7. The van der Waals surface area contributed by atoms with Crippen LogP contribution >= 0.6 is 0 Å². The van der Waals surface area contributed by atoms with Gasteiger partial charge in [0, 0.05) is 6.54 Å². The standard InChI is InChI=1S/C24H26N4O6/c1-24(2,28-23(32)34-14-16-7-5-4-6-8-16)22-26-18(19(29)21(31)27-22)20(30)25-13-15-9-11-17(33-3)12-10-15/h4-12,29H,13-14H2,1-3H3,(H,25,30)(H,28,32)(H,26,27,31). The normalized spacial score (nSPS) is 10.9. The van der Waals surface area contributed by atoms with E-state index >= 15 is 0 Å². The van der Waals surface area contributed by atoms with Gasteiger partial charge in [0.15, 0.2) is 5.69 Å². The SMILES string of the molecule is COc1ccc(CNC(=O)c2nc(C(C)(C)NC(=O)OCc3ccccc3)[nH]c(=O)c2O)cc1. The number of nitrogens with zero attached hydrogens (tertiary/aromatic N) is 1. The molecule has 3 rings (SSSR count). The molecule has 2 aromatic carbocycles. The first-order chi connectivity index (χ1) is 16.2. The number of aromatic nitrogens is 2. The van der Waals surface area contributed by atoms with E-state index in [1.54, 1.807) is 45.2 Å². The minimum atomic E-state index is -1.22. The number of nitrogens with one attached hydrogen (secondary N) is 3. The molecule has 0 radical (unpaired) electrons. The molecule has 3 aromatic rings. The van der Waals surface area contributed by atoms with Crippen molar-refractivity contribution in [3.05, 3.63) is 87.6 Å². The van der Waals surface area contributed by atoms with Crippen LogP contribution in [0.5, 0.6) is 11.5 Å². The van der Waals surface area contributed by atoms with Gasteiger partial charge < -0.3 is 30.2 Å². The monoisotopic (exact) mass is 466 g/mol. The predicted octanol–water partition coefficient (Wildman–Crippen LogP) is 2.58. The second-order valence-corrected chi connectivity index (χ2v) is 7.95. The summed E-state index contributed by atoms with van der Waals surface area (Å²) in [6.07, 6.45) is -0.741. The fourth-order valence-electron chi connectivity index (χ4n) is 3.00. The number of aromatic hydroxyl groups is 1. The second kappa shape index (κ2) is 10.5. The zero-order valence-electron chi connectivity index (χ0n) is 19.0. The topological polar surface area (TPSA) is 143 Å². The summed E-state index contributed by atoms with van der Waals surface area (Å²) in [6, 6.07) is 16.2. The minimum Gasteiger partial charge on any atom is -0.501 e. The Hall–Kier alpha value is -4.34. The van der Waals surface area contributed by atoms with Crippen molar-refractivity contribution in [2.24, 2.45) is 0 Å². The molecule has 178 valence electrons. The zero-order valence-corrected chi connectivity index (χ0v) is 19.0. The molecule has 34 heavy (non-hydrogen) atoms. The van der Waals surface area contributed by atoms with Crippen LogP contribution in [0.4, 0.5) is 4.79 Å². The quantitative estimate of drug-likeness (QED) is 0.400. The molecule has 0 saturated carbocycles. The van der Waals surface area contributed by atoms with Crippen molar-refractivity contribution in [1.29, 1.82) is 0 Å². The van der Waals surface area contributed by atoms with Crippen molar-refractivity contribution < 1.29 is 24.2 Å². The number of carbonyl (C=O) groups excluding carboxylic acids is 2. The molecular formula is C24H26N4O6. The van der Waals surface area contributed by atoms with Crippen LogP contribution in [0.25, 0.3) is 0 Å². The van der Waals surface area contributed by atoms with Crippen LogP contribution in [0, 0.1) is 0 Å². The lowest BCUT2D eigenvalue weighted by Crippen LogP contribution is -2.44. The number of amides is 2. The summed E-state index contributed by atoms with van der Waals surface area (Å²) < 4.78 is 10.3. The van der Waals surface area contributed by atoms with Crippen LogP contribution in [0.1, 0.15) is 41.3 Å². The number of rotatable bonds is 8. The van der Waals surface area contributed by atoms with Gasteiger partial charge in [-0.3, -0.25) is 9.59 Å². The Labute approximate surface area is 196 Å². The number of benzene rings is 2. The Morgan fingerprint density at radius 3 is 2.38 bits per heavy atom. The first kappa shape index (κ1) is 24.3.